The van der Waals surface area contributed by atoms with Gasteiger partial charge in [0, 0.05) is 30.9 Å². The monoisotopic (exact) mass is 317 g/mol. The SMILES string of the molecule is Cc1nc(C(=O)N2CCC[C@H](OCc3cccnc3)C2)cs1. The number of nitrogens with zero attached hydrogens (tertiary/aromatic N) is 3. The van der Waals surface area contributed by atoms with Crippen LogP contribution in [0.25, 0.3) is 0 Å². The Bertz CT molecular complexity index is 629. The van der Waals surface area contributed by atoms with Crippen molar-refractivity contribution in [3.8, 4) is 0 Å². The van der Waals surface area contributed by atoms with E-state index in [1.54, 1.807) is 6.20 Å². The molecule has 116 valence electrons. The molecule has 1 atom stereocenters. The average molecular weight is 317 g/mol. The second kappa shape index (κ2) is 6.98. The Morgan fingerprint density at radius 3 is 3.18 bits per heavy atom. The van der Waals surface area contributed by atoms with Crippen molar-refractivity contribution in [2.24, 2.45) is 0 Å². The van der Waals surface area contributed by atoms with E-state index in [9.17, 15) is 4.79 Å². The zero-order valence-corrected chi connectivity index (χ0v) is 13.4. The van der Waals surface area contributed by atoms with Crippen molar-refractivity contribution in [3.63, 3.8) is 0 Å². The molecule has 1 aliphatic rings. The molecule has 0 bridgehead atoms. The third-order valence-electron chi connectivity index (χ3n) is 3.71. The van der Waals surface area contributed by atoms with Gasteiger partial charge in [-0.15, -0.1) is 11.3 Å². The third-order valence-corrected chi connectivity index (χ3v) is 4.49. The summed E-state index contributed by atoms with van der Waals surface area (Å²) in [5, 5.41) is 2.75. The highest BCUT2D eigenvalue weighted by atomic mass is 32.1. The summed E-state index contributed by atoms with van der Waals surface area (Å²) in [5.74, 6) is 0.0130. The standard InChI is InChI=1S/C16H19N3O2S/c1-12-18-15(11-22-12)16(20)19-7-3-5-14(9-19)21-10-13-4-2-6-17-8-13/h2,4,6,8,11,14H,3,5,7,9-10H2,1H3/t14-/m0/s1. The van der Waals surface area contributed by atoms with Crippen LogP contribution in [0.5, 0.6) is 0 Å². The summed E-state index contributed by atoms with van der Waals surface area (Å²) in [7, 11) is 0. The summed E-state index contributed by atoms with van der Waals surface area (Å²) in [6.07, 6.45) is 5.59. The van der Waals surface area contributed by atoms with Crippen molar-refractivity contribution in [1.82, 2.24) is 14.9 Å². The summed E-state index contributed by atoms with van der Waals surface area (Å²) in [6, 6.07) is 3.90. The fourth-order valence-electron chi connectivity index (χ4n) is 2.58. The molecular formula is C16H19N3O2S. The lowest BCUT2D eigenvalue weighted by molar-refractivity contribution is -0.00695. The third kappa shape index (κ3) is 3.69. The zero-order valence-electron chi connectivity index (χ0n) is 12.6. The molecule has 0 unspecified atom stereocenters. The summed E-state index contributed by atoms with van der Waals surface area (Å²) >= 11 is 1.51. The van der Waals surface area contributed by atoms with Gasteiger partial charge < -0.3 is 9.64 Å². The first-order valence-electron chi connectivity index (χ1n) is 7.44. The molecule has 6 heteroatoms. The number of pyridine rings is 1. The molecule has 0 aliphatic carbocycles. The van der Waals surface area contributed by atoms with Crippen LogP contribution in [-0.4, -0.2) is 40.0 Å². The average Bonchev–Trinajstić information content (AvgIpc) is 3.00. The van der Waals surface area contributed by atoms with E-state index in [0.29, 0.717) is 18.8 Å². The summed E-state index contributed by atoms with van der Waals surface area (Å²) in [4.78, 5) is 22.7. The number of aromatic nitrogens is 2. The smallest absolute Gasteiger partial charge is 0.273 e. The van der Waals surface area contributed by atoms with Crippen molar-refractivity contribution >= 4 is 17.2 Å². The predicted octanol–water partition coefficient (Wildman–Crippen LogP) is 2.67. The number of amides is 1. The van der Waals surface area contributed by atoms with Crippen LogP contribution in [0.2, 0.25) is 0 Å². The quantitative estimate of drug-likeness (QED) is 0.870. The lowest BCUT2D eigenvalue weighted by Gasteiger charge is -2.32. The Hall–Kier alpha value is -1.79. The van der Waals surface area contributed by atoms with E-state index in [1.807, 2.05) is 35.5 Å². The molecule has 0 saturated carbocycles. The van der Waals surface area contributed by atoms with E-state index in [2.05, 4.69) is 9.97 Å². The highest BCUT2D eigenvalue weighted by Gasteiger charge is 2.26. The van der Waals surface area contributed by atoms with E-state index in [4.69, 9.17) is 4.74 Å². The molecule has 1 aliphatic heterocycles. The van der Waals surface area contributed by atoms with Crippen molar-refractivity contribution in [2.75, 3.05) is 13.1 Å². The number of aryl methyl sites for hydroxylation is 1. The van der Waals surface area contributed by atoms with Gasteiger partial charge in [-0.25, -0.2) is 4.98 Å². The molecule has 22 heavy (non-hydrogen) atoms. The number of likely N-dealkylation sites (tertiary alicyclic amines) is 1. The number of carbonyl (C=O) groups is 1. The maximum absolute atomic E-state index is 12.4. The Balaban J connectivity index is 1.56. The van der Waals surface area contributed by atoms with Gasteiger partial charge in [0.15, 0.2) is 0 Å². The Morgan fingerprint density at radius 1 is 1.55 bits per heavy atom. The van der Waals surface area contributed by atoms with E-state index in [0.717, 1.165) is 30.0 Å². The van der Waals surface area contributed by atoms with Crippen LogP contribution in [0.3, 0.4) is 0 Å². The number of ether oxygens (including phenoxy) is 1. The van der Waals surface area contributed by atoms with Crippen molar-refractivity contribution < 1.29 is 9.53 Å². The highest BCUT2D eigenvalue weighted by molar-refractivity contribution is 7.09. The second-order valence-electron chi connectivity index (χ2n) is 5.44. The Labute approximate surface area is 134 Å². The van der Waals surface area contributed by atoms with Crippen molar-refractivity contribution in [2.45, 2.75) is 32.5 Å². The van der Waals surface area contributed by atoms with Gasteiger partial charge in [-0.05, 0) is 31.4 Å². The zero-order chi connectivity index (χ0) is 15.4. The number of hydrogen-bond acceptors (Lipinski definition) is 5. The van der Waals surface area contributed by atoms with E-state index < -0.39 is 0 Å². The van der Waals surface area contributed by atoms with Crippen LogP contribution in [0, 0.1) is 6.92 Å². The number of carbonyl (C=O) groups excluding carboxylic acids is 1. The fourth-order valence-corrected chi connectivity index (χ4v) is 3.17. The van der Waals surface area contributed by atoms with Crippen molar-refractivity contribution in [3.05, 3.63) is 46.2 Å². The highest BCUT2D eigenvalue weighted by Crippen LogP contribution is 2.18. The topological polar surface area (TPSA) is 55.3 Å². The summed E-state index contributed by atoms with van der Waals surface area (Å²) in [6.45, 7) is 3.87. The molecule has 1 amide bonds. The van der Waals surface area contributed by atoms with Crippen LogP contribution < -0.4 is 0 Å². The minimum Gasteiger partial charge on any atom is -0.372 e. The first-order chi connectivity index (χ1) is 10.7. The summed E-state index contributed by atoms with van der Waals surface area (Å²) < 4.78 is 5.94. The van der Waals surface area contributed by atoms with Gasteiger partial charge in [-0.2, -0.15) is 0 Å². The van der Waals surface area contributed by atoms with Gasteiger partial charge in [-0.3, -0.25) is 9.78 Å². The fraction of sp³-hybridized carbons (Fsp3) is 0.438. The minimum absolute atomic E-state index is 0.0130. The maximum Gasteiger partial charge on any atom is 0.273 e. The molecule has 0 radical (unpaired) electrons. The normalized spacial score (nSPS) is 18.4. The van der Waals surface area contributed by atoms with E-state index in [1.165, 1.54) is 11.3 Å². The van der Waals surface area contributed by atoms with Gasteiger partial charge in [-0.1, -0.05) is 6.07 Å². The van der Waals surface area contributed by atoms with Crippen LogP contribution in [0.4, 0.5) is 0 Å². The lowest BCUT2D eigenvalue weighted by atomic mass is 10.1. The van der Waals surface area contributed by atoms with Gasteiger partial charge in [0.25, 0.3) is 5.91 Å². The van der Waals surface area contributed by atoms with Gasteiger partial charge in [0.2, 0.25) is 0 Å². The van der Waals surface area contributed by atoms with E-state index >= 15 is 0 Å². The number of hydrogen-bond donors (Lipinski definition) is 0. The number of piperidine rings is 1. The van der Waals surface area contributed by atoms with E-state index in [-0.39, 0.29) is 12.0 Å². The van der Waals surface area contributed by atoms with Crippen LogP contribution in [-0.2, 0) is 11.3 Å². The lowest BCUT2D eigenvalue weighted by Crippen LogP contribution is -2.43. The first-order valence-corrected chi connectivity index (χ1v) is 8.32. The molecule has 0 N–H and O–H groups in total. The first kappa shape index (κ1) is 15.1. The molecule has 0 spiro atoms. The molecule has 1 saturated heterocycles. The number of rotatable bonds is 4. The molecule has 2 aromatic heterocycles. The van der Waals surface area contributed by atoms with Crippen LogP contribution >= 0.6 is 11.3 Å². The number of thiazole rings is 1. The summed E-state index contributed by atoms with van der Waals surface area (Å²) in [5.41, 5.74) is 1.61. The minimum atomic E-state index is 0.0130. The molecule has 0 aromatic carbocycles. The van der Waals surface area contributed by atoms with Crippen LogP contribution in [0.1, 0.15) is 33.9 Å². The van der Waals surface area contributed by atoms with Crippen molar-refractivity contribution in [1.29, 1.82) is 0 Å². The van der Waals surface area contributed by atoms with Crippen LogP contribution in [0.15, 0.2) is 29.9 Å². The van der Waals surface area contributed by atoms with Gasteiger partial charge in [0.1, 0.15) is 5.69 Å². The molecule has 3 heterocycles. The Kier molecular flexibility index (Phi) is 4.80. The largest absolute Gasteiger partial charge is 0.372 e. The second-order valence-corrected chi connectivity index (χ2v) is 6.50. The molecule has 5 nitrogen and oxygen atoms in total. The maximum atomic E-state index is 12.4. The molecule has 2 aromatic rings. The van der Waals surface area contributed by atoms with Gasteiger partial charge in [0.05, 0.1) is 17.7 Å². The predicted molar refractivity (Wildman–Crippen MR) is 84.8 cm³/mol. The molecule has 3 rings (SSSR count). The van der Waals surface area contributed by atoms with Gasteiger partial charge >= 0.3 is 0 Å². The molecular weight excluding hydrogens is 298 g/mol. The Morgan fingerprint density at radius 2 is 2.45 bits per heavy atom. The molecule has 1 fully saturated rings.